The topological polar surface area (TPSA) is 62.1 Å². The second kappa shape index (κ2) is 5.79. The number of carbonyl (C=O) groups excluding carboxylic acids is 2. The molecular formula is C14H12ClN3O2. The van der Waals surface area contributed by atoms with Gasteiger partial charge in [0.15, 0.2) is 0 Å². The van der Waals surface area contributed by atoms with Gasteiger partial charge in [0.2, 0.25) is 0 Å². The van der Waals surface area contributed by atoms with Crippen LogP contribution in [0.1, 0.15) is 20.7 Å². The molecule has 0 saturated heterocycles. The monoisotopic (exact) mass is 289 g/mol. The summed E-state index contributed by atoms with van der Waals surface area (Å²) in [6.07, 6.45) is 1.47. The summed E-state index contributed by atoms with van der Waals surface area (Å²) in [5.41, 5.74) is 1.20. The fourth-order valence-electron chi connectivity index (χ4n) is 1.89. The number of allylic oxidation sites excluding steroid dienone is 1. The highest BCUT2D eigenvalue weighted by Gasteiger charge is 2.35. The second-order valence-corrected chi connectivity index (χ2v) is 4.47. The van der Waals surface area contributed by atoms with Crippen molar-refractivity contribution in [3.05, 3.63) is 47.2 Å². The Morgan fingerprint density at radius 2 is 1.85 bits per heavy atom. The van der Waals surface area contributed by atoms with Crippen molar-refractivity contribution in [1.29, 1.82) is 0 Å². The summed E-state index contributed by atoms with van der Waals surface area (Å²) in [7, 11) is 1.53. The third-order valence-electron chi connectivity index (χ3n) is 2.90. The molecule has 102 valence electrons. The summed E-state index contributed by atoms with van der Waals surface area (Å²) in [6.45, 7) is 3.42. The molecule has 2 amide bonds. The van der Waals surface area contributed by atoms with Crippen LogP contribution in [-0.4, -0.2) is 42.2 Å². The van der Waals surface area contributed by atoms with Crippen LogP contribution in [0.2, 0.25) is 0 Å². The number of fused-ring (bicyclic) bond motifs is 1. The van der Waals surface area contributed by atoms with E-state index in [0.717, 1.165) is 4.90 Å². The number of nitrogens with zero attached hydrogens (tertiary/aromatic N) is 3. The highest BCUT2D eigenvalue weighted by molar-refractivity contribution is 6.68. The summed E-state index contributed by atoms with van der Waals surface area (Å²) in [5, 5.41) is 0.226. The van der Waals surface area contributed by atoms with E-state index in [1.54, 1.807) is 24.3 Å². The summed E-state index contributed by atoms with van der Waals surface area (Å²) >= 11 is 5.78. The van der Waals surface area contributed by atoms with E-state index >= 15 is 0 Å². The third-order valence-corrected chi connectivity index (χ3v) is 3.18. The molecule has 1 aliphatic rings. The zero-order valence-electron chi connectivity index (χ0n) is 10.8. The SMILES string of the molecule is C=N/C(=C\C(Cl)=NC)CN1C(=O)c2ccccc2C1=O. The largest absolute Gasteiger partial charge is 0.276 e. The van der Waals surface area contributed by atoms with Gasteiger partial charge in [-0.2, -0.15) is 0 Å². The summed E-state index contributed by atoms with van der Waals surface area (Å²) in [6, 6.07) is 6.69. The maximum absolute atomic E-state index is 12.2. The lowest BCUT2D eigenvalue weighted by atomic mass is 10.1. The molecule has 2 rings (SSSR count). The van der Waals surface area contributed by atoms with Gasteiger partial charge in [-0.3, -0.25) is 24.5 Å². The fourth-order valence-corrected chi connectivity index (χ4v) is 2.01. The molecule has 1 aromatic rings. The molecule has 0 atom stereocenters. The van der Waals surface area contributed by atoms with Crippen LogP contribution in [-0.2, 0) is 0 Å². The van der Waals surface area contributed by atoms with Crippen molar-refractivity contribution in [3.63, 3.8) is 0 Å². The second-order valence-electron chi connectivity index (χ2n) is 4.08. The lowest BCUT2D eigenvalue weighted by Gasteiger charge is -2.13. The first kappa shape index (κ1) is 14.1. The number of rotatable bonds is 4. The fraction of sp³-hybridized carbons (Fsp3) is 0.143. The Kier molecular flexibility index (Phi) is 4.10. The summed E-state index contributed by atoms with van der Waals surface area (Å²) in [4.78, 5) is 33.0. The van der Waals surface area contributed by atoms with Gasteiger partial charge < -0.3 is 0 Å². The van der Waals surface area contributed by atoms with Crippen LogP contribution in [0.5, 0.6) is 0 Å². The molecule has 0 fully saturated rings. The quantitative estimate of drug-likeness (QED) is 0.630. The van der Waals surface area contributed by atoms with Gasteiger partial charge in [-0.05, 0) is 24.9 Å². The van der Waals surface area contributed by atoms with Crippen LogP contribution < -0.4 is 0 Å². The van der Waals surface area contributed by atoms with Crippen LogP contribution in [0, 0.1) is 0 Å². The van der Waals surface area contributed by atoms with Crippen molar-refractivity contribution in [3.8, 4) is 0 Å². The number of imide groups is 1. The zero-order valence-corrected chi connectivity index (χ0v) is 11.6. The Morgan fingerprint density at radius 3 is 2.30 bits per heavy atom. The number of amides is 2. The van der Waals surface area contributed by atoms with Crippen LogP contribution >= 0.6 is 11.6 Å². The molecule has 0 spiro atoms. The van der Waals surface area contributed by atoms with E-state index in [-0.39, 0.29) is 23.5 Å². The van der Waals surface area contributed by atoms with Crippen molar-refractivity contribution in [1.82, 2.24) is 4.90 Å². The molecule has 0 aromatic heterocycles. The van der Waals surface area contributed by atoms with Crippen LogP contribution in [0.3, 0.4) is 0 Å². The molecule has 0 saturated carbocycles. The molecule has 0 aliphatic carbocycles. The van der Waals surface area contributed by atoms with Gasteiger partial charge in [0.05, 0.1) is 23.4 Å². The van der Waals surface area contributed by atoms with E-state index in [1.165, 1.54) is 13.1 Å². The number of hydrogen-bond donors (Lipinski definition) is 0. The van der Waals surface area contributed by atoms with Gasteiger partial charge >= 0.3 is 0 Å². The predicted octanol–water partition coefficient (Wildman–Crippen LogP) is 2.13. The minimum absolute atomic E-state index is 0.0155. The molecule has 1 heterocycles. The van der Waals surface area contributed by atoms with Crippen molar-refractivity contribution < 1.29 is 9.59 Å². The predicted molar refractivity (Wildman–Crippen MR) is 78.7 cm³/mol. The van der Waals surface area contributed by atoms with E-state index in [1.807, 2.05) is 0 Å². The smallest absolute Gasteiger partial charge is 0.261 e. The van der Waals surface area contributed by atoms with E-state index < -0.39 is 0 Å². The Bertz CT molecular complexity index is 615. The first-order valence-corrected chi connectivity index (χ1v) is 6.21. The lowest BCUT2D eigenvalue weighted by molar-refractivity contribution is 0.0668. The molecule has 5 nitrogen and oxygen atoms in total. The highest BCUT2D eigenvalue weighted by Crippen LogP contribution is 2.23. The first-order chi connectivity index (χ1) is 9.58. The van der Waals surface area contributed by atoms with Gasteiger partial charge in [0, 0.05) is 7.05 Å². The normalized spacial score (nSPS) is 15.6. The number of hydrogen-bond acceptors (Lipinski definition) is 4. The molecule has 0 N–H and O–H groups in total. The van der Waals surface area contributed by atoms with Gasteiger partial charge in [0.1, 0.15) is 5.17 Å². The highest BCUT2D eigenvalue weighted by atomic mass is 35.5. The Morgan fingerprint density at radius 1 is 1.30 bits per heavy atom. The molecule has 0 bridgehead atoms. The summed E-state index contributed by atoms with van der Waals surface area (Å²) in [5.74, 6) is -0.686. The van der Waals surface area contributed by atoms with Crippen molar-refractivity contribution in [2.75, 3.05) is 13.6 Å². The van der Waals surface area contributed by atoms with E-state index in [4.69, 9.17) is 11.6 Å². The molecule has 0 radical (unpaired) electrons. The molecule has 20 heavy (non-hydrogen) atoms. The minimum atomic E-state index is -0.343. The Hall–Kier alpha value is -2.27. The van der Waals surface area contributed by atoms with Gasteiger partial charge in [-0.15, -0.1) is 0 Å². The van der Waals surface area contributed by atoms with Crippen molar-refractivity contribution >= 4 is 35.3 Å². The Balaban J connectivity index is 2.28. The van der Waals surface area contributed by atoms with Crippen LogP contribution in [0.15, 0.2) is 46.0 Å². The standard InChI is InChI=1S/C14H12ClN3O2/c1-16-9(7-12(15)17-2)8-18-13(19)10-5-3-4-6-11(10)14(18)20/h3-7H,1,8H2,2H3/b9-7-,17-12?. The summed E-state index contributed by atoms with van der Waals surface area (Å²) < 4.78 is 0. The van der Waals surface area contributed by atoms with E-state index in [2.05, 4.69) is 16.7 Å². The van der Waals surface area contributed by atoms with Crippen molar-refractivity contribution in [2.24, 2.45) is 9.98 Å². The van der Waals surface area contributed by atoms with Gasteiger partial charge in [-0.1, -0.05) is 23.7 Å². The molecule has 6 heteroatoms. The van der Waals surface area contributed by atoms with Crippen molar-refractivity contribution in [2.45, 2.75) is 0 Å². The Labute approximate surface area is 121 Å². The molecule has 1 aromatic carbocycles. The van der Waals surface area contributed by atoms with E-state index in [0.29, 0.717) is 16.8 Å². The first-order valence-electron chi connectivity index (χ1n) is 5.83. The third kappa shape index (κ3) is 2.53. The average molecular weight is 290 g/mol. The van der Waals surface area contributed by atoms with Crippen LogP contribution in [0.4, 0.5) is 0 Å². The van der Waals surface area contributed by atoms with Crippen LogP contribution in [0.25, 0.3) is 0 Å². The van der Waals surface area contributed by atoms with Gasteiger partial charge in [-0.25, -0.2) is 0 Å². The maximum atomic E-state index is 12.2. The number of carbonyl (C=O) groups is 2. The van der Waals surface area contributed by atoms with Gasteiger partial charge in [0.25, 0.3) is 11.8 Å². The maximum Gasteiger partial charge on any atom is 0.261 e. The molecular weight excluding hydrogens is 278 g/mol. The zero-order chi connectivity index (χ0) is 14.7. The number of aliphatic imine (C=N–C) groups is 2. The number of benzene rings is 1. The molecule has 1 aliphatic heterocycles. The lowest BCUT2D eigenvalue weighted by Crippen LogP contribution is -2.31. The average Bonchev–Trinajstić information content (AvgIpc) is 2.71. The minimum Gasteiger partial charge on any atom is -0.276 e. The number of halogens is 1. The molecule has 0 unspecified atom stereocenters. The van der Waals surface area contributed by atoms with E-state index in [9.17, 15) is 9.59 Å².